The number of carbonyl (C=O) groups is 1. The Morgan fingerprint density at radius 1 is 1.44 bits per heavy atom. The lowest BCUT2D eigenvalue weighted by Gasteiger charge is -2.27. The summed E-state index contributed by atoms with van der Waals surface area (Å²) in [5.74, 6) is -1.26. The van der Waals surface area contributed by atoms with Gasteiger partial charge in [-0.1, -0.05) is 20.8 Å². The van der Waals surface area contributed by atoms with Crippen LogP contribution in [0.15, 0.2) is 0 Å². The van der Waals surface area contributed by atoms with E-state index in [2.05, 4.69) is 0 Å². The third-order valence-corrected chi connectivity index (χ3v) is 3.64. The normalized spacial score (nSPS) is 16.2. The van der Waals surface area contributed by atoms with E-state index in [-0.39, 0.29) is 0 Å². The maximum absolute atomic E-state index is 11.5. The van der Waals surface area contributed by atoms with Crippen molar-refractivity contribution in [3.05, 3.63) is 0 Å². The van der Waals surface area contributed by atoms with E-state index in [0.29, 0.717) is 0 Å². The first-order valence-electron chi connectivity index (χ1n) is 4.66. The number of nitriles is 1. The third kappa shape index (κ3) is 3.79. The molecule has 1 unspecified atom stereocenters. The molecule has 0 bridgehead atoms. The molecule has 2 atom stereocenters. The highest BCUT2D eigenvalue weighted by molar-refractivity contribution is 7.90. The lowest BCUT2D eigenvalue weighted by atomic mass is 9.88. The summed E-state index contributed by atoms with van der Waals surface area (Å²) in [7, 11) is -3.93. The molecule has 0 radical (unpaired) electrons. The second kappa shape index (κ2) is 4.80. The molecule has 0 saturated carbocycles. The molecule has 0 rings (SSSR count). The van der Waals surface area contributed by atoms with E-state index in [1.807, 2.05) is 4.72 Å². The molecule has 92 valence electrons. The third-order valence-electron chi connectivity index (χ3n) is 2.04. The van der Waals surface area contributed by atoms with Crippen molar-refractivity contribution in [2.24, 2.45) is 5.41 Å². The summed E-state index contributed by atoms with van der Waals surface area (Å²) in [6.07, 6.45) is 0. The van der Waals surface area contributed by atoms with Crippen LogP contribution in [0.4, 0.5) is 0 Å². The zero-order valence-corrected chi connectivity index (χ0v) is 10.5. The fourth-order valence-electron chi connectivity index (χ4n) is 0.933. The average Bonchev–Trinajstić information content (AvgIpc) is 2.10. The van der Waals surface area contributed by atoms with Crippen molar-refractivity contribution in [2.45, 2.75) is 39.0 Å². The quantitative estimate of drug-likeness (QED) is 0.744. The van der Waals surface area contributed by atoms with Gasteiger partial charge in [0.1, 0.15) is 6.04 Å². The lowest BCUT2D eigenvalue weighted by Crippen LogP contribution is -2.50. The molecule has 0 aliphatic heterocycles. The van der Waals surface area contributed by atoms with Crippen LogP contribution in [0.1, 0.15) is 27.7 Å². The standard InChI is InChI=1S/C9H16N2O4S/c1-6(5-10)16(14,15)11-7(8(12)13)9(2,3)4/h6-7,11H,1-4H3,(H,12,13)/t6?,7-/m1/s1. The summed E-state index contributed by atoms with van der Waals surface area (Å²) in [5.41, 5.74) is -0.770. The van der Waals surface area contributed by atoms with Gasteiger partial charge in [0.25, 0.3) is 0 Å². The van der Waals surface area contributed by atoms with E-state index in [1.54, 1.807) is 26.8 Å². The first-order valence-corrected chi connectivity index (χ1v) is 6.20. The fourth-order valence-corrected chi connectivity index (χ4v) is 2.06. The summed E-state index contributed by atoms with van der Waals surface area (Å²) in [4.78, 5) is 10.9. The van der Waals surface area contributed by atoms with Gasteiger partial charge < -0.3 is 5.11 Å². The Bertz CT molecular complexity index is 402. The van der Waals surface area contributed by atoms with E-state index < -0.39 is 32.7 Å². The average molecular weight is 248 g/mol. The first-order chi connectivity index (χ1) is 7.02. The van der Waals surface area contributed by atoms with Crippen LogP contribution in [-0.4, -0.2) is 30.8 Å². The van der Waals surface area contributed by atoms with Crippen molar-refractivity contribution >= 4 is 16.0 Å². The van der Waals surface area contributed by atoms with Crippen molar-refractivity contribution in [3.8, 4) is 6.07 Å². The van der Waals surface area contributed by atoms with Crippen molar-refractivity contribution in [3.63, 3.8) is 0 Å². The molecule has 2 N–H and O–H groups in total. The minimum absolute atomic E-state index is 0.770. The Morgan fingerprint density at radius 3 is 2.12 bits per heavy atom. The van der Waals surface area contributed by atoms with E-state index in [9.17, 15) is 13.2 Å². The van der Waals surface area contributed by atoms with Gasteiger partial charge in [0.05, 0.1) is 6.07 Å². The van der Waals surface area contributed by atoms with Gasteiger partial charge >= 0.3 is 5.97 Å². The van der Waals surface area contributed by atoms with Gasteiger partial charge in [0.2, 0.25) is 10.0 Å². The van der Waals surface area contributed by atoms with E-state index in [0.717, 1.165) is 0 Å². The van der Waals surface area contributed by atoms with Crippen molar-refractivity contribution in [2.75, 3.05) is 0 Å². The highest BCUT2D eigenvalue weighted by Crippen LogP contribution is 2.20. The molecular formula is C9H16N2O4S. The SMILES string of the molecule is CC(C#N)S(=O)(=O)N[C@H](C(=O)O)C(C)(C)C. The number of sulfonamides is 1. The second-order valence-electron chi connectivity index (χ2n) is 4.57. The van der Waals surface area contributed by atoms with Gasteiger partial charge in [-0.15, -0.1) is 0 Å². The van der Waals surface area contributed by atoms with Crippen molar-refractivity contribution in [1.29, 1.82) is 5.26 Å². The molecule has 16 heavy (non-hydrogen) atoms. The molecule has 0 aromatic heterocycles. The molecule has 0 aromatic carbocycles. The number of rotatable bonds is 4. The molecule has 6 nitrogen and oxygen atoms in total. The topological polar surface area (TPSA) is 107 Å². The summed E-state index contributed by atoms with van der Waals surface area (Å²) < 4.78 is 25.1. The molecule has 0 spiro atoms. The fraction of sp³-hybridized carbons (Fsp3) is 0.778. The Hall–Kier alpha value is -1.13. The molecule has 0 heterocycles. The Balaban J connectivity index is 5.09. The molecule has 0 aliphatic rings. The van der Waals surface area contributed by atoms with Gasteiger partial charge in [0.15, 0.2) is 5.25 Å². The van der Waals surface area contributed by atoms with E-state index in [4.69, 9.17) is 10.4 Å². The van der Waals surface area contributed by atoms with Crippen LogP contribution in [-0.2, 0) is 14.8 Å². The number of carboxylic acid groups (broad SMARTS) is 1. The van der Waals surface area contributed by atoms with Gasteiger partial charge in [-0.3, -0.25) is 4.79 Å². The molecule has 0 saturated heterocycles. The van der Waals surface area contributed by atoms with Crippen LogP contribution in [0.25, 0.3) is 0 Å². The second-order valence-corrected chi connectivity index (χ2v) is 6.60. The summed E-state index contributed by atoms with van der Waals surface area (Å²) in [5, 5.41) is 16.1. The molecule has 0 aromatic rings. The summed E-state index contributed by atoms with van der Waals surface area (Å²) in [6.45, 7) is 6.01. The highest BCUT2D eigenvalue weighted by Gasteiger charge is 2.36. The van der Waals surface area contributed by atoms with Crippen molar-refractivity contribution < 1.29 is 18.3 Å². The van der Waals surface area contributed by atoms with Crippen LogP contribution in [0.5, 0.6) is 0 Å². The zero-order valence-electron chi connectivity index (χ0n) is 9.68. The maximum atomic E-state index is 11.5. The van der Waals surface area contributed by atoms with Gasteiger partial charge in [0, 0.05) is 0 Å². The Labute approximate surface area is 95.3 Å². The Morgan fingerprint density at radius 2 is 1.88 bits per heavy atom. The summed E-state index contributed by atoms with van der Waals surface area (Å²) >= 11 is 0. The van der Waals surface area contributed by atoms with Crippen molar-refractivity contribution in [1.82, 2.24) is 4.72 Å². The van der Waals surface area contributed by atoms with E-state index in [1.165, 1.54) is 6.92 Å². The molecule has 0 fully saturated rings. The van der Waals surface area contributed by atoms with Crippen LogP contribution in [0, 0.1) is 16.7 Å². The van der Waals surface area contributed by atoms with Crippen LogP contribution >= 0.6 is 0 Å². The number of aliphatic carboxylic acids is 1. The highest BCUT2D eigenvalue weighted by atomic mass is 32.2. The maximum Gasteiger partial charge on any atom is 0.322 e. The Kier molecular flexibility index (Phi) is 4.46. The number of carboxylic acids is 1. The number of nitrogens with one attached hydrogen (secondary N) is 1. The largest absolute Gasteiger partial charge is 0.480 e. The molecule has 0 amide bonds. The van der Waals surface area contributed by atoms with Gasteiger partial charge in [-0.05, 0) is 12.3 Å². The predicted octanol–water partition coefficient (Wildman–Crippen LogP) is 0.317. The first kappa shape index (κ1) is 14.9. The van der Waals surface area contributed by atoms with Crippen LogP contribution < -0.4 is 4.72 Å². The number of hydrogen-bond donors (Lipinski definition) is 2. The molecular weight excluding hydrogens is 232 g/mol. The lowest BCUT2D eigenvalue weighted by molar-refractivity contribution is -0.141. The summed E-state index contributed by atoms with van der Waals surface area (Å²) in [6, 6.07) is 0.301. The zero-order chi connectivity index (χ0) is 13.1. The van der Waals surface area contributed by atoms with Gasteiger partial charge in [-0.25, -0.2) is 8.42 Å². The minimum Gasteiger partial charge on any atom is -0.480 e. The van der Waals surface area contributed by atoms with E-state index >= 15 is 0 Å². The van der Waals surface area contributed by atoms with Crippen LogP contribution in [0.2, 0.25) is 0 Å². The number of hydrogen-bond acceptors (Lipinski definition) is 4. The predicted molar refractivity (Wildman–Crippen MR) is 58.0 cm³/mol. The molecule has 7 heteroatoms. The smallest absolute Gasteiger partial charge is 0.322 e. The minimum atomic E-state index is -3.93. The monoisotopic (exact) mass is 248 g/mol. The molecule has 0 aliphatic carbocycles. The van der Waals surface area contributed by atoms with Crippen LogP contribution in [0.3, 0.4) is 0 Å². The van der Waals surface area contributed by atoms with Gasteiger partial charge in [-0.2, -0.15) is 9.98 Å². The number of nitrogens with zero attached hydrogens (tertiary/aromatic N) is 1.